The second-order valence-electron chi connectivity index (χ2n) is 6.86. The normalized spacial score (nSPS) is 16.3. The molecule has 0 spiro atoms. The molecule has 0 bridgehead atoms. The number of benzene rings is 2. The van der Waals surface area contributed by atoms with Crippen molar-refractivity contribution in [2.75, 3.05) is 27.4 Å². The minimum absolute atomic E-state index is 0.00924. The zero-order chi connectivity index (χ0) is 19.4. The van der Waals surface area contributed by atoms with Gasteiger partial charge in [0.1, 0.15) is 17.2 Å². The Morgan fingerprint density at radius 2 is 1.85 bits per heavy atom. The molecule has 1 atom stereocenters. The summed E-state index contributed by atoms with van der Waals surface area (Å²) in [5.41, 5.74) is 3.06. The minimum atomic E-state index is -0.0240. The predicted octanol–water partition coefficient (Wildman–Crippen LogP) is 4.06. The number of amides is 1. The van der Waals surface area contributed by atoms with Crippen LogP contribution in [0.3, 0.4) is 0 Å². The Bertz CT molecular complexity index is 798. The number of likely N-dealkylation sites (tertiary alicyclic amines) is 1. The number of nitrogens with zero attached hydrogens (tertiary/aromatic N) is 1. The predicted molar refractivity (Wildman–Crippen MR) is 105 cm³/mol. The fourth-order valence-corrected chi connectivity index (χ4v) is 3.73. The van der Waals surface area contributed by atoms with Crippen LogP contribution < -0.4 is 14.2 Å². The molecule has 5 heteroatoms. The maximum Gasteiger partial charge on any atom is 0.261 e. The van der Waals surface area contributed by atoms with E-state index < -0.39 is 0 Å². The molecule has 0 aromatic heterocycles. The maximum atomic E-state index is 12.9. The monoisotopic (exact) mass is 369 g/mol. The molecule has 0 aliphatic carbocycles. The van der Waals surface area contributed by atoms with Crippen LogP contribution in [0.4, 0.5) is 0 Å². The van der Waals surface area contributed by atoms with Gasteiger partial charge in [0.05, 0.1) is 20.3 Å². The average molecular weight is 369 g/mol. The maximum absolute atomic E-state index is 12.9. The SMILES string of the molecule is COc1ccc(OC)c(C2CCCN2C(=O)COc2c(C)cccc2C)c1. The molecule has 1 aliphatic heterocycles. The Hall–Kier alpha value is -2.69. The highest BCUT2D eigenvalue weighted by Gasteiger charge is 2.32. The summed E-state index contributed by atoms with van der Waals surface area (Å²) in [6, 6.07) is 11.7. The van der Waals surface area contributed by atoms with Crippen LogP contribution in [0.1, 0.15) is 35.6 Å². The quantitative estimate of drug-likeness (QED) is 0.770. The first kappa shape index (κ1) is 19.1. The van der Waals surface area contributed by atoms with Crippen LogP contribution in [-0.2, 0) is 4.79 Å². The number of carbonyl (C=O) groups excluding carboxylic acids is 1. The molecule has 0 N–H and O–H groups in total. The van der Waals surface area contributed by atoms with Crippen molar-refractivity contribution < 1.29 is 19.0 Å². The van der Waals surface area contributed by atoms with Crippen LogP contribution in [0.2, 0.25) is 0 Å². The average Bonchev–Trinajstić information content (AvgIpc) is 3.16. The van der Waals surface area contributed by atoms with Gasteiger partial charge in [-0.25, -0.2) is 0 Å². The lowest BCUT2D eigenvalue weighted by molar-refractivity contribution is -0.134. The van der Waals surface area contributed by atoms with E-state index in [0.717, 1.165) is 53.3 Å². The van der Waals surface area contributed by atoms with E-state index in [1.54, 1.807) is 14.2 Å². The third-order valence-corrected chi connectivity index (χ3v) is 5.12. The van der Waals surface area contributed by atoms with Gasteiger partial charge in [-0.1, -0.05) is 18.2 Å². The molecular formula is C22H27NO4. The molecule has 1 aliphatic rings. The number of ether oxygens (including phenoxy) is 3. The highest BCUT2D eigenvalue weighted by Crippen LogP contribution is 2.39. The van der Waals surface area contributed by atoms with Gasteiger partial charge in [0, 0.05) is 12.1 Å². The topological polar surface area (TPSA) is 48.0 Å². The van der Waals surface area contributed by atoms with Gasteiger partial charge >= 0.3 is 0 Å². The van der Waals surface area contributed by atoms with E-state index in [4.69, 9.17) is 14.2 Å². The third kappa shape index (κ3) is 4.02. The highest BCUT2D eigenvalue weighted by atomic mass is 16.5. The first-order chi connectivity index (χ1) is 13.0. The van der Waals surface area contributed by atoms with Gasteiger partial charge < -0.3 is 19.1 Å². The smallest absolute Gasteiger partial charge is 0.261 e. The molecule has 1 unspecified atom stereocenters. The fraction of sp³-hybridized carbons (Fsp3) is 0.409. The van der Waals surface area contributed by atoms with Gasteiger partial charge in [-0.3, -0.25) is 4.79 Å². The first-order valence-corrected chi connectivity index (χ1v) is 9.25. The zero-order valence-electron chi connectivity index (χ0n) is 16.5. The molecule has 144 valence electrons. The molecule has 1 amide bonds. The van der Waals surface area contributed by atoms with Crippen molar-refractivity contribution in [2.45, 2.75) is 32.7 Å². The number of methoxy groups -OCH3 is 2. The van der Waals surface area contributed by atoms with Crippen molar-refractivity contribution in [1.29, 1.82) is 0 Å². The molecule has 1 saturated heterocycles. The first-order valence-electron chi connectivity index (χ1n) is 9.25. The van der Waals surface area contributed by atoms with Gasteiger partial charge in [0.25, 0.3) is 5.91 Å². The molecule has 2 aromatic rings. The summed E-state index contributed by atoms with van der Waals surface area (Å²) < 4.78 is 16.8. The number of para-hydroxylation sites is 1. The molecule has 1 heterocycles. The molecular weight excluding hydrogens is 342 g/mol. The molecule has 3 rings (SSSR count). The van der Waals surface area contributed by atoms with E-state index in [1.165, 1.54) is 0 Å². The van der Waals surface area contributed by atoms with Crippen molar-refractivity contribution in [2.24, 2.45) is 0 Å². The number of aryl methyl sites for hydroxylation is 2. The van der Waals surface area contributed by atoms with Gasteiger partial charge in [-0.15, -0.1) is 0 Å². The van der Waals surface area contributed by atoms with Crippen molar-refractivity contribution in [3.05, 3.63) is 53.1 Å². The fourth-order valence-electron chi connectivity index (χ4n) is 3.73. The summed E-state index contributed by atoms with van der Waals surface area (Å²) in [5, 5.41) is 0. The summed E-state index contributed by atoms with van der Waals surface area (Å²) in [6.07, 6.45) is 1.86. The largest absolute Gasteiger partial charge is 0.497 e. The molecule has 0 saturated carbocycles. The van der Waals surface area contributed by atoms with E-state index in [1.807, 2.05) is 55.1 Å². The van der Waals surface area contributed by atoms with E-state index in [0.29, 0.717) is 0 Å². The number of rotatable bonds is 6. The van der Waals surface area contributed by atoms with E-state index in [2.05, 4.69) is 0 Å². The molecule has 2 aromatic carbocycles. The zero-order valence-corrected chi connectivity index (χ0v) is 16.5. The van der Waals surface area contributed by atoms with Crippen LogP contribution in [0.25, 0.3) is 0 Å². The van der Waals surface area contributed by atoms with Crippen LogP contribution in [0.5, 0.6) is 17.2 Å². The summed E-state index contributed by atoms with van der Waals surface area (Å²) >= 11 is 0. The highest BCUT2D eigenvalue weighted by molar-refractivity contribution is 5.79. The molecule has 0 radical (unpaired) electrons. The lowest BCUT2D eigenvalue weighted by Crippen LogP contribution is -2.34. The summed E-state index contributed by atoms with van der Waals surface area (Å²) in [4.78, 5) is 14.8. The Kier molecular flexibility index (Phi) is 5.89. The Morgan fingerprint density at radius 1 is 1.11 bits per heavy atom. The second-order valence-corrected chi connectivity index (χ2v) is 6.86. The van der Waals surface area contributed by atoms with Crippen LogP contribution in [0.15, 0.2) is 36.4 Å². The van der Waals surface area contributed by atoms with Crippen molar-refractivity contribution in [3.63, 3.8) is 0 Å². The van der Waals surface area contributed by atoms with Gasteiger partial charge in [0.2, 0.25) is 0 Å². The van der Waals surface area contributed by atoms with Crippen LogP contribution in [0, 0.1) is 13.8 Å². The lowest BCUT2D eigenvalue weighted by atomic mass is 10.0. The van der Waals surface area contributed by atoms with Gasteiger partial charge in [-0.2, -0.15) is 0 Å². The Morgan fingerprint density at radius 3 is 2.52 bits per heavy atom. The van der Waals surface area contributed by atoms with Crippen molar-refractivity contribution in [1.82, 2.24) is 4.90 Å². The van der Waals surface area contributed by atoms with Crippen molar-refractivity contribution in [3.8, 4) is 17.2 Å². The number of hydrogen-bond acceptors (Lipinski definition) is 4. The Balaban J connectivity index is 1.77. The minimum Gasteiger partial charge on any atom is -0.497 e. The summed E-state index contributed by atoms with van der Waals surface area (Å²) in [7, 11) is 3.29. The lowest BCUT2D eigenvalue weighted by Gasteiger charge is -2.27. The Labute approximate surface area is 160 Å². The van der Waals surface area contributed by atoms with E-state index in [9.17, 15) is 4.79 Å². The van der Waals surface area contributed by atoms with Crippen LogP contribution >= 0.6 is 0 Å². The van der Waals surface area contributed by atoms with E-state index >= 15 is 0 Å². The number of carbonyl (C=O) groups is 1. The third-order valence-electron chi connectivity index (χ3n) is 5.12. The summed E-state index contributed by atoms with van der Waals surface area (Å²) in [6.45, 7) is 4.74. The number of hydrogen-bond donors (Lipinski definition) is 0. The van der Waals surface area contributed by atoms with Gasteiger partial charge in [-0.05, 0) is 56.0 Å². The van der Waals surface area contributed by atoms with Gasteiger partial charge in [0.15, 0.2) is 6.61 Å². The molecule has 1 fully saturated rings. The van der Waals surface area contributed by atoms with Crippen LogP contribution in [-0.4, -0.2) is 38.2 Å². The summed E-state index contributed by atoms with van der Waals surface area (Å²) in [5.74, 6) is 2.32. The van der Waals surface area contributed by atoms with E-state index in [-0.39, 0.29) is 18.6 Å². The second kappa shape index (κ2) is 8.33. The van der Waals surface area contributed by atoms with Crippen molar-refractivity contribution >= 4 is 5.91 Å². The standard InChI is InChI=1S/C22H27NO4/c1-15-7-5-8-16(2)22(15)27-14-21(24)23-12-6-9-19(23)18-13-17(25-3)10-11-20(18)26-4/h5,7-8,10-11,13,19H,6,9,12,14H2,1-4H3. The molecule has 27 heavy (non-hydrogen) atoms. The molecule has 5 nitrogen and oxygen atoms in total.